The largest absolute Gasteiger partial charge is 0.457 e. The predicted molar refractivity (Wildman–Crippen MR) is 135 cm³/mol. The van der Waals surface area contributed by atoms with Crippen LogP contribution in [0, 0.1) is 0 Å². The van der Waals surface area contributed by atoms with E-state index in [9.17, 15) is 14.4 Å². The Morgan fingerprint density at radius 3 is 0.861 bits per heavy atom. The maximum Gasteiger partial charge on any atom is 0.211 e. The minimum absolute atomic E-state index is 0.456. The summed E-state index contributed by atoms with van der Waals surface area (Å²) in [4.78, 5) is 31.9. The zero-order valence-electron chi connectivity index (χ0n) is 18.8. The molecule has 9 heteroatoms. The quantitative estimate of drug-likeness (QED) is 0.221. The number of anilines is 3. The second-order valence-electron chi connectivity index (χ2n) is 7.31. The number of rotatable bonds is 12. The lowest BCUT2D eigenvalue weighted by atomic mass is 10.2. The van der Waals surface area contributed by atoms with E-state index in [0.29, 0.717) is 70.8 Å². The van der Waals surface area contributed by atoms with Crippen LogP contribution in [0.15, 0.2) is 91.0 Å². The van der Waals surface area contributed by atoms with Crippen molar-refractivity contribution >= 4 is 36.3 Å². The number of carbonyl (C=O) groups excluding carboxylic acids is 3. The molecular weight excluding hydrogens is 462 g/mol. The van der Waals surface area contributed by atoms with E-state index in [2.05, 4.69) is 16.0 Å². The van der Waals surface area contributed by atoms with Crippen LogP contribution in [0.2, 0.25) is 0 Å². The molecular formula is C27H21N3O6. The van der Waals surface area contributed by atoms with Crippen LogP contribution in [-0.4, -0.2) is 19.2 Å². The van der Waals surface area contributed by atoms with Gasteiger partial charge in [-0.05, 0) is 72.8 Å². The van der Waals surface area contributed by atoms with Gasteiger partial charge in [0.1, 0.15) is 34.5 Å². The van der Waals surface area contributed by atoms with E-state index in [0.717, 1.165) is 0 Å². The first kappa shape index (κ1) is 23.8. The molecule has 9 nitrogen and oxygen atoms in total. The van der Waals surface area contributed by atoms with Gasteiger partial charge in [0, 0.05) is 35.3 Å². The highest BCUT2D eigenvalue weighted by Crippen LogP contribution is 2.36. The van der Waals surface area contributed by atoms with Crippen LogP contribution in [0.1, 0.15) is 0 Å². The number of hydrogen-bond acceptors (Lipinski definition) is 6. The SMILES string of the molecule is O=CNc1ccc(Oc2cc(Oc3ccc(NC=O)cc3)cc(Oc3ccc(NC=O)cc3)c2)cc1. The topological polar surface area (TPSA) is 115 Å². The molecule has 0 unspecified atom stereocenters. The minimum atomic E-state index is 0.456. The molecule has 0 aliphatic rings. The number of amides is 3. The molecule has 0 atom stereocenters. The van der Waals surface area contributed by atoms with Gasteiger partial charge in [-0.25, -0.2) is 0 Å². The van der Waals surface area contributed by atoms with E-state index < -0.39 is 0 Å². The first-order chi connectivity index (χ1) is 17.6. The Bertz CT molecular complexity index is 1150. The van der Waals surface area contributed by atoms with Gasteiger partial charge in [-0.1, -0.05) is 0 Å². The summed E-state index contributed by atoms with van der Waals surface area (Å²) in [7, 11) is 0. The zero-order valence-corrected chi connectivity index (χ0v) is 18.8. The molecule has 4 rings (SSSR count). The van der Waals surface area contributed by atoms with Crippen molar-refractivity contribution in [1.82, 2.24) is 0 Å². The molecule has 4 aromatic rings. The van der Waals surface area contributed by atoms with Crippen molar-refractivity contribution in [3.05, 3.63) is 91.0 Å². The Hall–Kier alpha value is -5.31. The standard InChI is InChI=1S/C27H21N3O6/c31-16-28-19-1-7-22(8-2-19)34-25-13-26(35-23-9-3-20(4-10-23)29-17-32)15-27(14-25)36-24-11-5-21(6-12-24)30-18-33/h1-18H,(H,28,31)(H,29,32)(H,30,33). The van der Waals surface area contributed by atoms with Crippen LogP contribution < -0.4 is 30.2 Å². The Kier molecular flexibility index (Phi) is 7.75. The van der Waals surface area contributed by atoms with Gasteiger partial charge < -0.3 is 30.2 Å². The maximum atomic E-state index is 10.6. The van der Waals surface area contributed by atoms with Crippen molar-refractivity contribution in [2.45, 2.75) is 0 Å². The van der Waals surface area contributed by atoms with Gasteiger partial charge in [0.15, 0.2) is 0 Å². The molecule has 3 N–H and O–H groups in total. The fraction of sp³-hybridized carbons (Fsp3) is 0. The fourth-order valence-electron chi connectivity index (χ4n) is 3.19. The van der Waals surface area contributed by atoms with Crippen LogP contribution in [-0.2, 0) is 14.4 Å². The summed E-state index contributed by atoms with van der Waals surface area (Å²) in [6, 6.07) is 25.7. The molecule has 0 bridgehead atoms. The highest BCUT2D eigenvalue weighted by atomic mass is 16.5. The van der Waals surface area contributed by atoms with Crippen molar-refractivity contribution < 1.29 is 28.6 Å². The van der Waals surface area contributed by atoms with E-state index in [1.165, 1.54) is 0 Å². The lowest BCUT2D eigenvalue weighted by Gasteiger charge is -2.13. The Balaban J connectivity index is 1.59. The lowest BCUT2D eigenvalue weighted by Crippen LogP contribution is -1.95. The summed E-state index contributed by atoms with van der Waals surface area (Å²) in [6.45, 7) is 0. The summed E-state index contributed by atoms with van der Waals surface area (Å²) < 4.78 is 18.0. The number of carbonyl (C=O) groups is 3. The second kappa shape index (κ2) is 11.7. The Morgan fingerprint density at radius 2 is 0.639 bits per heavy atom. The number of benzene rings is 4. The Morgan fingerprint density at radius 1 is 0.389 bits per heavy atom. The van der Waals surface area contributed by atoms with Crippen molar-refractivity contribution in [3.8, 4) is 34.5 Å². The molecule has 180 valence electrons. The maximum absolute atomic E-state index is 10.6. The van der Waals surface area contributed by atoms with E-state index in [-0.39, 0.29) is 0 Å². The van der Waals surface area contributed by atoms with Gasteiger partial charge in [0.25, 0.3) is 0 Å². The molecule has 0 heterocycles. The highest BCUT2D eigenvalue weighted by Gasteiger charge is 2.09. The number of hydrogen-bond donors (Lipinski definition) is 3. The van der Waals surface area contributed by atoms with Crippen LogP contribution in [0.25, 0.3) is 0 Å². The number of ether oxygens (including phenoxy) is 3. The molecule has 0 radical (unpaired) electrons. The molecule has 0 spiro atoms. The summed E-state index contributed by atoms with van der Waals surface area (Å²) >= 11 is 0. The highest BCUT2D eigenvalue weighted by molar-refractivity contribution is 5.72. The van der Waals surface area contributed by atoms with Crippen molar-refractivity contribution in [1.29, 1.82) is 0 Å². The van der Waals surface area contributed by atoms with Crippen molar-refractivity contribution in [2.24, 2.45) is 0 Å². The van der Waals surface area contributed by atoms with E-state index in [1.54, 1.807) is 91.0 Å². The average Bonchev–Trinajstić information content (AvgIpc) is 2.88. The van der Waals surface area contributed by atoms with Gasteiger partial charge in [0.2, 0.25) is 19.2 Å². The van der Waals surface area contributed by atoms with Crippen LogP contribution in [0.4, 0.5) is 17.1 Å². The number of nitrogens with one attached hydrogen (secondary N) is 3. The molecule has 0 fully saturated rings. The zero-order chi connectivity index (χ0) is 25.2. The monoisotopic (exact) mass is 483 g/mol. The molecule has 36 heavy (non-hydrogen) atoms. The first-order valence-electron chi connectivity index (χ1n) is 10.7. The van der Waals surface area contributed by atoms with Gasteiger partial charge in [0.05, 0.1) is 0 Å². The molecule has 4 aromatic carbocycles. The molecule has 0 aromatic heterocycles. The van der Waals surface area contributed by atoms with Gasteiger partial charge in [-0.2, -0.15) is 0 Å². The Labute approximate surface area is 206 Å². The third-order valence-electron chi connectivity index (χ3n) is 4.80. The van der Waals surface area contributed by atoms with E-state index in [4.69, 9.17) is 14.2 Å². The van der Waals surface area contributed by atoms with Crippen LogP contribution in [0.5, 0.6) is 34.5 Å². The first-order valence-corrected chi connectivity index (χ1v) is 10.7. The summed E-state index contributed by atoms with van der Waals surface area (Å²) in [5.41, 5.74) is 1.91. The molecule has 0 saturated carbocycles. The second-order valence-corrected chi connectivity index (χ2v) is 7.31. The summed E-state index contributed by atoms with van der Waals surface area (Å²) in [5.74, 6) is 3.00. The third-order valence-corrected chi connectivity index (χ3v) is 4.80. The minimum Gasteiger partial charge on any atom is -0.457 e. The van der Waals surface area contributed by atoms with Gasteiger partial charge in [-0.15, -0.1) is 0 Å². The summed E-state index contributed by atoms with van der Waals surface area (Å²) in [5, 5.41) is 7.71. The third kappa shape index (κ3) is 6.61. The van der Waals surface area contributed by atoms with E-state index >= 15 is 0 Å². The molecule has 0 saturated heterocycles. The van der Waals surface area contributed by atoms with Crippen LogP contribution >= 0.6 is 0 Å². The van der Waals surface area contributed by atoms with E-state index in [1.807, 2.05) is 0 Å². The lowest BCUT2D eigenvalue weighted by molar-refractivity contribution is -0.106. The average molecular weight is 483 g/mol. The van der Waals surface area contributed by atoms with Gasteiger partial charge >= 0.3 is 0 Å². The molecule has 0 aliphatic carbocycles. The summed E-state index contributed by atoms with van der Waals surface area (Å²) in [6.07, 6.45) is 1.80. The van der Waals surface area contributed by atoms with Crippen molar-refractivity contribution in [3.63, 3.8) is 0 Å². The molecule has 3 amide bonds. The smallest absolute Gasteiger partial charge is 0.211 e. The fourth-order valence-corrected chi connectivity index (χ4v) is 3.19. The van der Waals surface area contributed by atoms with Gasteiger partial charge in [-0.3, -0.25) is 14.4 Å². The molecule has 0 aliphatic heterocycles. The van der Waals surface area contributed by atoms with Crippen LogP contribution in [0.3, 0.4) is 0 Å². The van der Waals surface area contributed by atoms with Crippen molar-refractivity contribution in [2.75, 3.05) is 16.0 Å². The predicted octanol–water partition coefficient (Wildman–Crippen LogP) is 5.77. The normalized spacial score (nSPS) is 10.0.